The fourth-order valence-corrected chi connectivity index (χ4v) is 4.30. The Bertz CT molecular complexity index is 710. The normalized spacial score (nSPS) is 17.9. The van der Waals surface area contributed by atoms with Crippen LogP contribution in [-0.4, -0.2) is 44.6 Å². The van der Waals surface area contributed by atoms with E-state index >= 15 is 0 Å². The van der Waals surface area contributed by atoms with Gasteiger partial charge in [0.15, 0.2) is 0 Å². The number of ether oxygens (including phenoxy) is 1. The molecule has 1 heterocycles. The molecule has 1 N–H and O–H groups in total. The van der Waals surface area contributed by atoms with Gasteiger partial charge in [-0.25, -0.2) is 12.7 Å². The zero-order valence-electron chi connectivity index (χ0n) is 15.4. The minimum absolute atomic E-state index is 0.00508. The summed E-state index contributed by atoms with van der Waals surface area (Å²) in [4.78, 5) is 12.5. The van der Waals surface area contributed by atoms with Crippen molar-refractivity contribution in [1.29, 1.82) is 0 Å². The van der Waals surface area contributed by atoms with Crippen LogP contribution in [0.5, 0.6) is 5.75 Å². The molecule has 1 saturated heterocycles. The highest BCUT2D eigenvalue weighted by molar-refractivity contribution is 7.89. The first-order valence-electron chi connectivity index (χ1n) is 8.71. The van der Waals surface area contributed by atoms with E-state index in [1.807, 2.05) is 32.0 Å². The molecule has 1 aliphatic rings. The molecule has 0 aliphatic carbocycles. The first kappa shape index (κ1) is 19.7. The van der Waals surface area contributed by atoms with Crippen LogP contribution in [0.2, 0.25) is 0 Å². The number of carbonyl (C=O) groups is 1. The molecule has 6 nitrogen and oxygen atoms in total. The molecule has 1 aromatic carbocycles. The molecule has 1 fully saturated rings. The summed E-state index contributed by atoms with van der Waals surface area (Å²) >= 11 is 0. The lowest BCUT2D eigenvalue weighted by Crippen LogP contribution is -2.43. The van der Waals surface area contributed by atoms with Gasteiger partial charge in [-0.2, -0.15) is 0 Å². The van der Waals surface area contributed by atoms with E-state index in [9.17, 15) is 13.2 Å². The Balaban J connectivity index is 1.93. The van der Waals surface area contributed by atoms with Gasteiger partial charge < -0.3 is 10.1 Å². The van der Waals surface area contributed by atoms with Crippen LogP contribution in [0.25, 0.3) is 0 Å². The molecule has 0 saturated carbocycles. The number of sulfonamides is 1. The van der Waals surface area contributed by atoms with Crippen LogP contribution in [-0.2, 0) is 14.8 Å². The van der Waals surface area contributed by atoms with Gasteiger partial charge in [0.05, 0.1) is 18.9 Å². The number of aryl methyl sites for hydroxylation is 1. The molecule has 0 spiro atoms. The van der Waals surface area contributed by atoms with E-state index in [-0.39, 0.29) is 23.6 Å². The number of methoxy groups -OCH3 is 1. The molecule has 1 aliphatic heterocycles. The topological polar surface area (TPSA) is 75.7 Å². The number of carbonyl (C=O) groups excluding carboxylic acids is 1. The van der Waals surface area contributed by atoms with Crippen molar-refractivity contribution in [2.24, 2.45) is 5.92 Å². The van der Waals surface area contributed by atoms with E-state index in [2.05, 4.69) is 5.32 Å². The van der Waals surface area contributed by atoms with Gasteiger partial charge >= 0.3 is 0 Å². The first-order valence-corrected chi connectivity index (χ1v) is 10.3. The Kier molecular flexibility index (Phi) is 6.46. The fraction of sp³-hybridized carbons (Fsp3) is 0.611. The average Bonchev–Trinajstić information content (AvgIpc) is 2.61. The number of hydrogen-bond donors (Lipinski definition) is 1. The number of amides is 1. The Hall–Kier alpha value is -1.60. The molecule has 1 atom stereocenters. The lowest BCUT2D eigenvalue weighted by atomic mass is 9.96. The van der Waals surface area contributed by atoms with Crippen LogP contribution in [0.3, 0.4) is 0 Å². The lowest BCUT2D eigenvalue weighted by molar-refractivity contribution is -0.126. The maximum Gasteiger partial charge on any atom is 0.223 e. The fourth-order valence-electron chi connectivity index (χ4n) is 3.16. The Morgan fingerprint density at radius 1 is 1.36 bits per heavy atom. The van der Waals surface area contributed by atoms with E-state index in [4.69, 9.17) is 4.74 Å². The minimum Gasteiger partial charge on any atom is -0.496 e. The smallest absolute Gasteiger partial charge is 0.223 e. The monoisotopic (exact) mass is 368 g/mol. The van der Waals surface area contributed by atoms with Crippen molar-refractivity contribution in [2.75, 3.05) is 26.0 Å². The van der Waals surface area contributed by atoms with Gasteiger partial charge in [0, 0.05) is 19.0 Å². The molecule has 0 radical (unpaired) electrons. The second kappa shape index (κ2) is 8.19. The van der Waals surface area contributed by atoms with Gasteiger partial charge in [0.2, 0.25) is 15.9 Å². The van der Waals surface area contributed by atoms with Crippen molar-refractivity contribution in [3.05, 3.63) is 29.3 Å². The van der Waals surface area contributed by atoms with Crippen molar-refractivity contribution in [2.45, 2.75) is 39.7 Å². The van der Waals surface area contributed by atoms with Crippen molar-refractivity contribution in [3.8, 4) is 5.75 Å². The number of piperidine rings is 1. The Labute approximate surface area is 150 Å². The third kappa shape index (κ3) is 4.73. The highest BCUT2D eigenvalue weighted by Crippen LogP contribution is 2.24. The number of hydrogen-bond acceptors (Lipinski definition) is 4. The highest BCUT2D eigenvalue weighted by Gasteiger charge is 2.30. The third-order valence-corrected chi connectivity index (χ3v) is 6.74. The van der Waals surface area contributed by atoms with E-state index < -0.39 is 10.0 Å². The molecule has 0 unspecified atom stereocenters. The predicted octanol–water partition coefficient (Wildman–Crippen LogP) is 2.24. The predicted molar refractivity (Wildman–Crippen MR) is 98.0 cm³/mol. The van der Waals surface area contributed by atoms with E-state index in [1.165, 1.54) is 4.31 Å². The average molecular weight is 368 g/mol. The molecular formula is C18H28N2O4S. The van der Waals surface area contributed by atoms with Gasteiger partial charge in [-0.05, 0) is 50.8 Å². The molecular weight excluding hydrogens is 340 g/mol. The van der Waals surface area contributed by atoms with Gasteiger partial charge in [-0.15, -0.1) is 0 Å². The first-order chi connectivity index (χ1) is 11.8. The van der Waals surface area contributed by atoms with Crippen LogP contribution in [0.1, 0.15) is 43.9 Å². The van der Waals surface area contributed by atoms with Crippen LogP contribution in [0.4, 0.5) is 0 Å². The van der Waals surface area contributed by atoms with Gasteiger partial charge in [-0.1, -0.05) is 12.1 Å². The van der Waals surface area contributed by atoms with Crippen LogP contribution in [0, 0.1) is 12.8 Å². The third-order valence-electron chi connectivity index (χ3n) is 4.86. The zero-order valence-corrected chi connectivity index (χ0v) is 16.2. The number of nitrogens with zero attached hydrogens (tertiary/aromatic N) is 1. The summed E-state index contributed by atoms with van der Waals surface area (Å²) in [7, 11) is -1.52. The molecule has 0 aromatic heterocycles. The quantitative estimate of drug-likeness (QED) is 0.835. The van der Waals surface area contributed by atoms with Crippen molar-refractivity contribution in [3.63, 3.8) is 0 Å². The van der Waals surface area contributed by atoms with E-state index in [1.54, 1.807) is 14.0 Å². The SMILES string of the molecule is CCS(=O)(=O)N1CCC(C(=O)N[C@@H](C)c2ccc(OC)c(C)c2)CC1. The molecule has 140 valence electrons. The summed E-state index contributed by atoms with van der Waals surface area (Å²) in [5, 5.41) is 3.05. The lowest BCUT2D eigenvalue weighted by Gasteiger charge is -2.31. The largest absolute Gasteiger partial charge is 0.496 e. The Morgan fingerprint density at radius 3 is 2.52 bits per heavy atom. The molecule has 25 heavy (non-hydrogen) atoms. The van der Waals surface area contributed by atoms with Crippen LogP contribution < -0.4 is 10.1 Å². The second-order valence-corrected chi connectivity index (χ2v) is 8.79. The summed E-state index contributed by atoms with van der Waals surface area (Å²) < 4.78 is 30.5. The summed E-state index contributed by atoms with van der Waals surface area (Å²) in [5.74, 6) is 0.795. The standard InChI is InChI=1S/C18H28N2O4S/c1-5-25(22,23)20-10-8-15(9-11-20)18(21)19-14(3)16-6-7-17(24-4)13(2)12-16/h6-7,12,14-15H,5,8-11H2,1-4H3,(H,19,21)/t14-/m0/s1. The summed E-state index contributed by atoms with van der Waals surface area (Å²) in [6, 6.07) is 5.77. The van der Waals surface area contributed by atoms with Crippen molar-refractivity contribution < 1.29 is 17.9 Å². The number of benzene rings is 1. The van der Waals surface area contributed by atoms with Gasteiger partial charge in [0.25, 0.3) is 0 Å². The molecule has 0 bridgehead atoms. The summed E-state index contributed by atoms with van der Waals surface area (Å²) in [5.41, 5.74) is 2.05. The molecule has 1 aromatic rings. The molecule has 1 amide bonds. The van der Waals surface area contributed by atoms with Crippen molar-refractivity contribution >= 4 is 15.9 Å². The van der Waals surface area contributed by atoms with E-state index in [0.717, 1.165) is 16.9 Å². The molecule has 2 rings (SSSR count). The minimum atomic E-state index is -3.16. The number of nitrogens with one attached hydrogen (secondary N) is 1. The van der Waals surface area contributed by atoms with Gasteiger partial charge in [-0.3, -0.25) is 4.79 Å². The van der Waals surface area contributed by atoms with Gasteiger partial charge in [0.1, 0.15) is 5.75 Å². The molecule has 7 heteroatoms. The van der Waals surface area contributed by atoms with Crippen LogP contribution >= 0.6 is 0 Å². The highest BCUT2D eigenvalue weighted by atomic mass is 32.2. The number of rotatable bonds is 6. The second-order valence-electron chi connectivity index (χ2n) is 6.53. The zero-order chi connectivity index (χ0) is 18.6. The maximum absolute atomic E-state index is 12.5. The Morgan fingerprint density at radius 2 is 2.00 bits per heavy atom. The summed E-state index contributed by atoms with van der Waals surface area (Å²) in [6.45, 7) is 6.41. The maximum atomic E-state index is 12.5. The summed E-state index contributed by atoms with van der Waals surface area (Å²) in [6.07, 6.45) is 1.14. The van der Waals surface area contributed by atoms with E-state index in [0.29, 0.717) is 25.9 Å². The van der Waals surface area contributed by atoms with Crippen molar-refractivity contribution in [1.82, 2.24) is 9.62 Å². The van der Waals surface area contributed by atoms with Crippen LogP contribution in [0.15, 0.2) is 18.2 Å².